The molecule has 0 radical (unpaired) electrons. The highest BCUT2D eigenvalue weighted by molar-refractivity contribution is 5.66. The number of fused-ring (bicyclic) bond motifs is 1. The van der Waals surface area contributed by atoms with Crippen molar-refractivity contribution < 1.29 is 9.90 Å². The molecule has 1 aliphatic heterocycles. The summed E-state index contributed by atoms with van der Waals surface area (Å²) in [5.74, 6) is -0.696. The summed E-state index contributed by atoms with van der Waals surface area (Å²) in [5.41, 5.74) is 3.98. The number of aryl methyl sites for hydroxylation is 1. The molecule has 0 saturated heterocycles. The van der Waals surface area contributed by atoms with E-state index in [1.807, 2.05) is 0 Å². The topological polar surface area (TPSA) is 49.3 Å². The van der Waals surface area contributed by atoms with Crippen molar-refractivity contribution in [3.63, 3.8) is 0 Å². The summed E-state index contributed by atoms with van der Waals surface area (Å²) < 4.78 is 0. The Morgan fingerprint density at radius 2 is 2.25 bits per heavy atom. The van der Waals surface area contributed by atoms with Crippen LogP contribution in [0.2, 0.25) is 0 Å². The largest absolute Gasteiger partial charge is 0.481 e. The number of benzene rings is 1. The van der Waals surface area contributed by atoms with Crippen LogP contribution in [-0.2, 0) is 17.6 Å². The first-order chi connectivity index (χ1) is 7.75. The summed E-state index contributed by atoms with van der Waals surface area (Å²) in [6.45, 7) is 1.04. The Morgan fingerprint density at radius 3 is 3.06 bits per heavy atom. The number of hydrogen-bond acceptors (Lipinski definition) is 2. The van der Waals surface area contributed by atoms with Crippen molar-refractivity contribution in [2.75, 3.05) is 11.9 Å². The highest BCUT2D eigenvalue weighted by Crippen LogP contribution is 2.23. The second kappa shape index (κ2) is 5.01. The van der Waals surface area contributed by atoms with Crippen LogP contribution >= 0.6 is 0 Å². The quantitative estimate of drug-likeness (QED) is 0.748. The molecule has 0 unspecified atom stereocenters. The van der Waals surface area contributed by atoms with Gasteiger partial charge in [0.1, 0.15) is 0 Å². The van der Waals surface area contributed by atoms with Gasteiger partial charge < -0.3 is 10.4 Å². The van der Waals surface area contributed by atoms with Gasteiger partial charge in [-0.1, -0.05) is 12.1 Å². The lowest BCUT2D eigenvalue weighted by Gasteiger charge is -2.04. The van der Waals surface area contributed by atoms with Crippen molar-refractivity contribution in [2.24, 2.45) is 0 Å². The molecule has 0 saturated carbocycles. The molecule has 16 heavy (non-hydrogen) atoms. The van der Waals surface area contributed by atoms with E-state index in [0.717, 1.165) is 32.2 Å². The fourth-order valence-corrected chi connectivity index (χ4v) is 2.12. The van der Waals surface area contributed by atoms with E-state index in [4.69, 9.17) is 5.11 Å². The predicted octanol–water partition coefficient (Wildman–Crippen LogP) is 2.45. The highest BCUT2D eigenvalue weighted by atomic mass is 16.4. The van der Waals surface area contributed by atoms with Gasteiger partial charge in [0, 0.05) is 18.7 Å². The Hall–Kier alpha value is -1.51. The van der Waals surface area contributed by atoms with Crippen LogP contribution in [-0.4, -0.2) is 17.6 Å². The Balaban J connectivity index is 1.83. The van der Waals surface area contributed by atoms with Gasteiger partial charge in [-0.3, -0.25) is 4.79 Å². The smallest absolute Gasteiger partial charge is 0.303 e. The zero-order valence-electron chi connectivity index (χ0n) is 9.33. The maximum Gasteiger partial charge on any atom is 0.303 e. The van der Waals surface area contributed by atoms with Gasteiger partial charge in [0.05, 0.1) is 0 Å². The molecule has 0 fully saturated rings. The van der Waals surface area contributed by atoms with Gasteiger partial charge >= 0.3 is 5.97 Å². The van der Waals surface area contributed by atoms with Crippen LogP contribution in [0.25, 0.3) is 0 Å². The Morgan fingerprint density at radius 1 is 1.38 bits per heavy atom. The molecule has 2 N–H and O–H groups in total. The second-order valence-electron chi connectivity index (χ2n) is 4.27. The van der Waals surface area contributed by atoms with Crippen LogP contribution in [0.4, 0.5) is 5.69 Å². The van der Waals surface area contributed by atoms with E-state index < -0.39 is 5.97 Å². The Labute approximate surface area is 95.5 Å². The molecule has 2 rings (SSSR count). The van der Waals surface area contributed by atoms with E-state index in [-0.39, 0.29) is 6.42 Å². The molecular weight excluding hydrogens is 202 g/mol. The number of carboxylic acids is 1. The fourth-order valence-electron chi connectivity index (χ4n) is 2.12. The van der Waals surface area contributed by atoms with E-state index in [0.29, 0.717) is 0 Å². The minimum Gasteiger partial charge on any atom is -0.481 e. The van der Waals surface area contributed by atoms with Gasteiger partial charge in [0.2, 0.25) is 0 Å². The Kier molecular flexibility index (Phi) is 3.44. The highest BCUT2D eigenvalue weighted by Gasteiger charge is 2.09. The first-order valence-corrected chi connectivity index (χ1v) is 5.83. The molecule has 3 heteroatoms. The average molecular weight is 219 g/mol. The van der Waals surface area contributed by atoms with E-state index in [1.54, 1.807) is 0 Å². The number of nitrogens with one attached hydrogen (secondary N) is 1. The standard InChI is InChI=1S/C13H17NO2/c15-13(16)4-2-1-3-10-5-6-12-11(9-10)7-8-14-12/h5-6,9,14H,1-4,7-8H2,(H,15,16). The van der Waals surface area contributed by atoms with Crippen LogP contribution in [0, 0.1) is 0 Å². The SMILES string of the molecule is O=C(O)CCCCc1ccc2c(c1)CCN2. The summed E-state index contributed by atoms with van der Waals surface area (Å²) >= 11 is 0. The van der Waals surface area contributed by atoms with Gasteiger partial charge in [0.25, 0.3) is 0 Å². The molecule has 0 amide bonds. The molecule has 1 heterocycles. The average Bonchev–Trinajstić information content (AvgIpc) is 2.71. The number of rotatable bonds is 5. The number of hydrogen-bond donors (Lipinski definition) is 2. The normalized spacial score (nSPS) is 13.2. The molecule has 1 aliphatic rings. The molecule has 0 atom stereocenters. The van der Waals surface area contributed by atoms with E-state index in [2.05, 4.69) is 23.5 Å². The second-order valence-corrected chi connectivity index (χ2v) is 4.27. The molecule has 1 aromatic rings. The third-order valence-corrected chi connectivity index (χ3v) is 2.99. The zero-order chi connectivity index (χ0) is 11.4. The number of anilines is 1. The van der Waals surface area contributed by atoms with Crippen LogP contribution in [0.15, 0.2) is 18.2 Å². The van der Waals surface area contributed by atoms with Gasteiger partial charge in [-0.15, -0.1) is 0 Å². The summed E-state index contributed by atoms with van der Waals surface area (Å²) in [7, 11) is 0. The van der Waals surface area contributed by atoms with Gasteiger partial charge in [-0.05, 0) is 42.9 Å². The van der Waals surface area contributed by atoms with Crippen molar-refractivity contribution in [2.45, 2.75) is 32.1 Å². The van der Waals surface area contributed by atoms with Crippen LogP contribution in [0.3, 0.4) is 0 Å². The van der Waals surface area contributed by atoms with Crippen LogP contribution in [0.1, 0.15) is 30.4 Å². The number of unbranched alkanes of at least 4 members (excludes halogenated alkanes) is 1. The summed E-state index contributed by atoms with van der Waals surface area (Å²) in [6, 6.07) is 6.52. The van der Waals surface area contributed by atoms with Gasteiger partial charge in [-0.25, -0.2) is 0 Å². The zero-order valence-corrected chi connectivity index (χ0v) is 9.33. The van der Waals surface area contributed by atoms with Crippen molar-refractivity contribution >= 4 is 11.7 Å². The molecular formula is C13H17NO2. The molecule has 0 bridgehead atoms. The van der Waals surface area contributed by atoms with E-state index >= 15 is 0 Å². The van der Waals surface area contributed by atoms with E-state index in [9.17, 15) is 4.79 Å². The third kappa shape index (κ3) is 2.75. The lowest BCUT2D eigenvalue weighted by molar-refractivity contribution is -0.137. The summed E-state index contributed by atoms with van der Waals surface area (Å²) in [6.07, 6.45) is 4.11. The maximum atomic E-state index is 10.4. The molecule has 3 nitrogen and oxygen atoms in total. The lowest BCUT2D eigenvalue weighted by atomic mass is 10.0. The minimum absolute atomic E-state index is 0.284. The number of aliphatic carboxylic acids is 1. The summed E-state index contributed by atoms with van der Waals surface area (Å²) in [4.78, 5) is 10.4. The summed E-state index contributed by atoms with van der Waals surface area (Å²) in [5, 5.41) is 11.9. The van der Waals surface area contributed by atoms with Gasteiger partial charge in [-0.2, -0.15) is 0 Å². The first kappa shape index (κ1) is 11.0. The van der Waals surface area contributed by atoms with E-state index in [1.165, 1.54) is 16.8 Å². The lowest BCUT2D eigenvalue weighted by Crippen LogP contribution is -1.95. The maximum absolute atomic E-state index is 10.4. The predicted molar refractivity (Wildman–Crippen MR) is 63.8 cm³/mol. The molecule has 0 aromatic heterocycles. The monoisotopic (exact) mass is 219 g/mol. The van der Waals surface area contributed by atoms with Crippen molar-refractivity contribution in [1.82, 2.24) is 0 Å². The first-order valence-electron chi connectivity index (χ1n) is 5.83. The number of carboxylic acid groups (broad SMARTS) is 1. The van der Waals surface area contributed by atoms with Crippen molar-refractivity contribution in [1.29, 1.82) is 0 Å². The van der Waals surface area contributed by atoms with Crippen molar-refractivity contribution in [3.05, 3.63) is 29.3 Å². The minimum atomic E-state index is -0.696. The van der Waals surface area contributed by atoms with Crippen LogP contribution in [0.5, 0.6) is 0 Å². The van der Waals surface area contributed by atoms with Crippen molar-refractivity contribution in [3.8, 4) is 0 Å². The molecule has 0 spiro atoms. The molecule has 86 valence electrons. The molecule has 0 aliphatic carbocycles. The Bertz CT molecular complexity index is 388. The van der Waals surface area contributed by atoms with Crippen LogP contribution < -0.4 is 5.32 Å². The molecule has 1 aromatic carbocycles. The number of carbonyl (C=O) groups is 1. The van der Waals surface area contributed by atoms with Gasteiger partial charge in [0.15, 0.2) is 0 Å². The third-order valence-electron chi connectivity index (χ3n) is 2.99. The fraction of sp³-hybridized carbons (Fsp3) is 0.462.